The van der Waals surface area contributed by atoms with Gasteiger partial charge in [0.15, 0.2) is 6.33 Å². The molecule has 5 nitrogen and oxygen atoms in total. The Morgan fingerprint density at radius 1 is 1.62 bits per heavy atom. The molecule has 0 aliphatic heterocycles. The van der Waals surface area contributed by atoms with E-state index in [1.807, 2.05) is 0 Å². The van der Waals surface area contributed by atoms with E-state index in [1.165, 1.54) is 17.1 Å². The van der Waals surface area contributed by atoms with Gasteiger partial charge in [0.1, 0.15) is 6.20 Å². The van der Waals surface area contributed by atoms with Crippen LogP contribution in [0.2, 0.25) is 0 Å². The highest BCUT2D eigenvalue weighted by Crippen LogP contribution is 1.91. The van der Waals surface area contributed by atoms with Crippen molar-refractivity contribution in [2.24, 2.45) is 0 Å². The van der Waals surface area contributed by atoms with E-state index >= 15 is 0 Å². The van der Waals surface area contributed by atoms with Gasteiger partial charge in [0.2, 0.25) is 5.65 Å². The van der Waals surface area contributed by atoms with Gasteiger partial charge in [-0.2, -0.15) is 0 Å². The van der Waals surface area contributed by atoms with Crippen LogP contribution in [0.1, 0.15) is 0 Å². The minimum Gasteiger partial charge on any atom is -0.260 e. The second-order valence-corrected chi connectivity index (χ2v) is 1.33. The normalized spacial score (nSPS) is 10.5. The largest absolute Gasteiger partial charge is 0.260 e. The lowest BCUT2D eigenvalue weighted by molar-refractivity contribution is 0.272. The van der Waals surface area contributed by atoms with Crippen molar-refractivity contribution in [3.05, 3.63) is 12.5 Å². The van der Waals surface area contributed by atoms with E-state index in [-0.39, 0.29) is 0 Å². The Bertz CT molecular complexity index is 233. The van der Waals surface area contributed by atoms with E-state index in [9.17, 15) is 0 Å². The zero-order chi connectivity index (χ0) is 5.40. The van der Waals surface area contributed by atoms with Gasteiger partial charge in [-0.1, -0.05) is 5.16 Å². The summed E-state index contributed by atoms with van der Waals surface area (Å²) in [6, 6.07) is 0. The van der Waals surface area contributed by atoms with E-state index in [0.29, 0.717) is 5.65 Å². The smallest absolute Gasteiger partial charge is 0.216 e. The van der Waals surface area contributed by atoms with Gasteiger partial charge in [0.05, 0.1) is 0 Å². The molecule has 0 aliphatic rings. The van der Waals surface area contributed by atoms with E-state index in [2.05, 4.69) is 20.0 Å². The zero-order valence-electron chi connectivity index (χ0n) is 3.85. The average Bonchev–Trinajstić information content (AvgIpc) is 2.15. The van der Waals surface area contributed by atoms with Crippen molar-refractivity contribution in [3.63, 3.8) is 0 Å². The molecule has 2 aromatic heterocycles. The summed E-state index contributed by atoms with van der Waals surface area (Å²) in [5.74, 6) is 0. The fraction of sp³-hybridized carbons (Fsp3) is 0. The third-order valence-corrected chi connectivity index (χ3v) is 0.846. The molecule has 0 saturated heterocycles. The summed E-state index contributed by atoms with van der Waals surface area (Å²) < 4.78 is 5.97. The van der Waals surface area contributed by atoms with E-state index < -0.39 is 0 Å². The van der Waals surface area contributed by atoms with Crippen molar-refractivity contribution in [2.75, 3.05) is 0 Å². The highest BCUT2D eigenvalue weighted by Gasteiger charge is 1.93. The lowest BCUT2D eigenvalue weighted by Crippen LogP contribution is -1.67. The molecule has 0 atom stereocenters. The van der Waals surface area contributed by atoms with Crippen LogP contribution >= 0.6 is 0 Å². The molecule has 2 rings (SSSR count). The summed E-state index contributed by atoms with van der Waals surface area (Å²) in [7, 11) is 0. The minimum atomic E-state index is 0.630. The molecular weight excluding hydrogens is 108 g/mol. The molecule has 0 aliphatic carbocycles. The van der Waals surface area contributed by atoms with Crippen LogP contribution in [-0.4, -0.2) is 19.9 Å². The fourth-order valence-electron chi connectivity index (χ4n) is 0.502. The third-order valence-electron chi connectivity index (χ3n) is 0.846. The van der Waals surface area contributed by atoms with E-state index in [4.69, 9.17) is 0 Å². The summed E-state index contributed by atoms with van der Waals surface area (Å²) in [5.41, 5.74) is 0.630. The van der Waals surface area contributed by atoms with Crippen molar-refractivity contribution in [1.82, 2.24) is 19.9 Å². The van der Waals surface area contributed by atoms with Crippen molar-refractivity contribution in [2.45, 2.75) is 0 Å². The van der Waals surface area contributed by atoms with Crippen LogP contribution in [0.4, 0.5) is 0 Å². The van der Waals surface area contributed by atoms with Crippen LogP contribution in [0.5, 0.6) is 0 Å². The maximum absolute atomic E-state index is 4.60. The Morgan fingerprint density at radius 3 is 3.50 bits per heavy atom. The molecule has 0 unspecified atom stereocenters. The zero-order valence-corrected chi connectivity index (χ0v) is 3.85. The third kappa shape index (κ3) is 0.281. The minimum absolute atomic E-state index is 0.630. The molecule has 8 heavy (non-hydrogen) atoms. The number of rotatable bonds is 0. The van der Waals surface area contributed by atoms with Crippen LogP contribution in [0.25, 0.3) is 5.65 Å². The van der Waals surface area contributed by atoms with Crippen LogP contribution in [0, 0.1) is 0 Å². The molecule has 0 aromatic carbocycles. The molecule has 0 radical (unpaired) electrons. The number of fused-ring (bicyclic) bond motifs is 1. The number of nitrogens with zero attached hydrogens (tertiary/aromatic N) is 4. The Balaban J connectivity index is 3.06. The second-order valence-electron chi connectivity index (χ2n) is 1.33. The fourth-order valence-corrected chi connectivity index (χ4v) is 0.502. The highest BCUT2D eigenvalue weighted by molar-refractivity contribution is 5.28. The predicted octanol–water partition coefficient (Wildman–Crippen LogP) is -0.283. The standard InChI is InChI=1S/C3H2N4O/c1-3-6-4-2-7(3)8-5-1/h1-2H. The van der Waals surface area contributed by atoms with Crippen molar-refractivity contribution < 1.29 is 4.63 Å². The maximum atomic E-state index is 4.60. The molecule has 5 heteroatoms. The molecule has 2 aromatic rings. The van der Waals surface area contributed by atoms with Gasteiger partial charge in [-0.15, -0.1) is 14.8 Å². The maximum Gasteiger partial charge on any atom is 0.216 e. The number of hydrogen-bond acceptors (Lipinski definition) is 4. The summed E-state index contributed by atoms with van der Waals surface area (Å²) >= 11 is 0. The Morgan fingerprint density at radius 2 is 2.62 bits per heavy atom. The van der Waals surface area contributed by atoms with Crippen molar-refractivity contribution in [1.29, 1.82) is 0 Å². The van der Waals surface area contributed by atoms with Gasteiger partial charge < -0.3 is 0 Å². The molecule has 0 amide bonds. The van der Waals surface area contributed by atoms with Gasteiger partial charge in [-0.3, -0.25) is 4.63 Å². The first-order chi connectivity index (χ1) is 3.97. The summed E-state index contributed by atoms with van der Waals surface area (Å²) in [6.07, 6.45) is 2.94. The molecular formula is C3H2N4O. The van der Waals surface area contributed by atoms with Crippen LogP contribution in [-0.2, 0) is 0 Å². The number of hydrogen-bond donors (Lipinski definition) is 0. The molecule has 40 valence electrons. The monoisotopic (exact) mass is 110 g/mol. The predicted molar refractivity (Wildman–Crippen MR) is 23.0 cm³/mol. The van der Waals surface area contributed by atoms with Gasteiger partial charge >= 0.3 is 0 Å². The number of aromatic nitrogens is 4. The second kappa shape index (κ2) is 1.06. The van der Waals surface area contributed by atoms with Gasteiger partial charge in [0.25, 0.3) is 0 Å². The van der Waals surface area contributed by atoms with Crippen molar-refractivity contribution >= 4 is 5.65 Å². The SMILES string of the molecule is c1non2cnnc12. The molecule has 0 bridgehead atoms. The van der Waals surface area contributed by atoms with Crippen molar-refractivity contribution in [3.8, 4) is 0 Å². The lowest BCUT2D eigenvalue weighted by atomic mass is 10.8. The van der Waals surface area contributed by atoms with Crippen LogP contribution in [0.15, 0.2) is 17.2 Å². The molecule has 2 heterocycles. The summed E-state index contributed by atoms with van der Waals surface area (Å²) in [5, 5.41) is 10.6. The summed E-state index contributed by atoms with van der Waals surface area (Å²) in [4.78, 5) is 0. The van der Waals surface area contributed by atoms with E-state index in [0.717, 1.165) is 0 Å². The average molecular weight is 110 g/mol. The Kier molecular flexibility index (Phi) is 0.476. The topological polar surface area (TPSA) is 56.2 Å². The first-order valence-electron chi connectivity index (χ1n) is 2.08. The highest BCUT2D eigenvalue weighted by atomic mass is 16.6. The lowest BCUT2D eigenvalue weighted by Gasteiger charge is -1.66. The quantitative estimate of drug-likeness (QED) is 0.468. The molecule has 0 fully saturated rings. The van der Waals surface area contributed by atoms with Crippen LogP contribution in [0.3, 0.4) is 0 Å². The van der Waals surface area contributed by atoms with Crippen LogP contribution < -0.4 is 0 Å². The molecule has 0 saturated carbocycles. The van der Waals surface area contributed by atoms with Gasteiger partial charge in [-0.05, 0) is 0 Å². The van der Waals surface area contributed by atoms with E-state index in [1.54, 1.807) is 0 Å². The van der Waals surface area contributed by atoms with Gasteiger partial charge in [-0.25, -0.2) is 0 Å². The summed E-state index contributed by atoms with van der Waals surface area (Å²) in [6.45, 7) is 0. The molecule has 0 spiro atoms. The first kappa shape index (κ1) is 3.59. The molecule has 0 N–H and O–H groups in total. The van der Waals surface area contributed by atoms with Gasteiger partial charge in [0, 0.05) is 0 Å². The Hall–Kier alpha value is -1.39. The first-order valence-corrected chi connectivity index (χ1v) is 2.08. The Labute approximate surface area is 43.9 Å².